The number of aliphatic imine (C=N–C) groups is 2. The van der Waals surface area contributed by atoms with E-state index >= 15 is 0 Å². The molecule has 4 aliphatic rings. The van der Waals surface area contributed by atoms with Gasteiger partial charge in [0.2, 0.25) is 11.8 Å². The average Bonchev–Trinajstić information content (AvgIpc) is 3.93. The first-order valence-corrected chi connectivity index (χ1v) is 20.3. The number of aromatic nitrogens is 1. The summed E-state index contributed by atoms with van der Waals surface area (Å²) in [6, 6.07) is 29.2. The van der Waals surface area contributed by atoms with Gasteiger partial charge in [-0.05, 0) is 64.7 Å². The van der Waals surface area contributed by atoms with E-state index in [0.29, 0.717) is 74.2 Å². The molecule has 2 amide bonds. The van der Waals surface area contributed by atoms with Crippen LogP contribution in [-0.4, -0.2) is 78.1 Å². The minimum Gasteiger partial charge on any atom is -0.493 e. The lowest BCUT2D eigenvalue weighted by Crippen LogP contribution is -2.37. The fraction of sp³-hybridized carbons (Fsp3) is 0.188. The maximum Gasteiger partial charge on any atom is 0.370 e. The second kappa shape index (κ2) is 16.2. The standard InChI is InChI=1S/C48H39N5O11/c1-59-40-18-34-36(49-22-31-16-29-7-3-5-9-38(29)51(31)47(34)57)20-42(40)62-24-27-13-28(15-33(14-27)61-26-46(56)64-53-44(54)11-12-45(53)55)25-63-43-21-37-35(19-41(43)60-2)48(58)52-32(23-50-37)17-30-8-4-6-10-39(30)52/h3-15,18-23,31-32,54-55H,16-17,24-26H2,1-2H3/t31-,32-/m0/s1. The van der Waals surface area contributed by atoms with Crippen LogP contribution >= 0.6 is 0 Å². The van der Waals surface area contributed by atoms with Gasteiger partial charge in [-0.3, -0.25) is 29.4 Å². The van der Waals surface area contributed by atoms with Crippen LogP contribution < -0.4 is 38.3 Å². The lowest BCUT2D eigenvalue weighted by atomic mass is 10.1. The molecule has 10 rings (SSSR count). The third-order valence-electron chi connectivity index (χ3n) is 11.4. The Balaban J connectivity index is 0.911. The Kier molecular flexibility index (Phi) is 10.1. The number of para-hydroxylation sites is 2. The minimum absolute atomic E-state index is 0.0194. The molecular formula is C48H39N5O11. The van der Waals surface area contributed by atoms with E-state index in [2.05, 4.69) is 0 Å². The van der Waals surface area contributed by atoms with E-state index in [1.807, 2.05) is 54.6 Å². The van der Waals surface area contributed by atoms with Gasteiger partial charge in [0, 0.05) is 60.9 Å². The number of carbonyl (C=O) groups excluding carboxylic acids is 3. The number of anilines is 2. The molecule has 0 bridgehead atoms. The topological polar surface area (TPSA) is 183 Å². The van der Waals surface area contributed by atoms with Gasteiger partial charge in [-0.25, -0.2) is 4.79 Å². The fourth-order valence-corrected chi connectivity index (χ4v) is 8.44. The van der Waals surface area contributed by atoms with E-state index in [0.717, 1.165) is 34.6 Å². The molecule has 5 heterocycles. The Morgan fingerprint density at radius 1 is 0.625 bits per heavy atom. The van der Waals surface area contributed by atoms with Crippen LogP contribution in [0.1, 0.15) is 43.0 Å². The number of benzene rings is 5. The summed E-state index contributed by atoms with van der Waals surface area (Å²) in [6.07, 6.45) is 4.87. The normalized spacial score (nSPS) is 16.4. The molecule has 0 unspecified atom stereocenters. The van der Waals surface area contributed by atoms with Gasteiger partial charge in [-0.2, -0.15) is 0 Å². The number of nitrogens with zero attached hydrogens (tertiary/aromatic N) is 5. The van der Waals surface area contributed by atoms with Gasteiger partial charge >= 0.3 is 5.97 Å². The zero-order valence-corrected chi connectivity index (χ0v) is 34.5. The molecule has 64 heavy (non-hydrogen) atoms. The molecule has 322 valence electrons. The highest BCUT2D eigenvalue weighted by Crippen LogP contribution is 2.43. The number of hydrogen-bond donors (Lipinski definition) is 2. The molecule has 16 nitrogen and oxygen atoms in total. The Morgan fingerprint density at radius 2 is 1.11 bits per heavy atom. The van der Waals surface area contributed by atoms with Crippen molar-refractivity contribution in [3.05, 3.63) is 137 Å². The number of rotatable bonds is 12. The summed E-state index contributed by atoms with van der Waals surface area (Å²) in [6.45, 7) is -0.634. The molecule has 4 aliphatic heterocycles. The first kappa shape index (κ1) is 39.8. The quantitative estimate of drug-likeness (QED) is 0.134. The van der Waals surface area contributed by atoms with Crippen LogP contribution in [0.4, 0.5) is 22.7 Å². The summed E-state index contributed by atoms with van der Waals surface area (Å²) >= 11 is 0. The van der Waals surface area contributed by atoms with Gasteiger partial charge in [0.05, 0.1) is 48.8 Å². The highest BCUT2D eigenvalue weighted by atomic mass is 16.7. The van der Waals surface area contributed by atoms with Crippen LogP contribution in [0.2, 0.25) is 0 Å². The maximum absolute atomic E-state index is 14.0. The molecule has 5 aromatic carbocycles. The van der Waals surface area contributed by atoms with E-state index in [9.17, 15) is 24.6 Å². The number of aromatic hydroxyl groups is 2. The molecular weight excluding hydrogens is 823 g/mol. The first-order valence-electron chi connectivity index (χ1n) is 20.3. The number of hydrogen-bond acceptors (Lipinski definition) is 13. The lowest BCUT2D eigenvalue weighted by Gasteiger charge is -2.22. The molecule has 0 saturated carbocycles. The highest BCUT2D eigenvalue weighted by Gasteiger charge is 2.38. The third kappa shape index (κ3) is 7.23. The molecule has 0 aliphatic carbocycles. The van der Waals surface area contributed by atoms with Crippen molar-refractivity contribution in [2.24, 2.45) is 9.98 Å². The predicted molar refractivity (Wildman–Crippen MR) is 234 cm³/mol. The van der Waals surface area contributed by atoms with Crippen molar-refractivity contribution in [1.29, 1.82) is 0 Å². The lowest BCUT2D eigenvalue weighted by molar-refractivity contribution is -0.147. The fourth-order valence-electron chi connectivity index (χ4n) is 8.44. The molecule has 0 fully saturated rings. The number of ether oxygens (including phenoxy) is 5. The molecule has 0 saturated heterocycles. The number of methoxy groups -OCH3 is 2. The van der Waals surface area contributed by atoms with Crippen molar-refractivity contribution in [2.75, 3.05) is 30.6 Å². The van der Waals surface area contributed by atoms with E-state index in [4.69, 9.17) is 38.5 Å². The third-order valence-corrected chi connectivity index (χ3v) is 11.4. The summed E-state index contributed by atoms with van der Waals surface area (Å²) in [5, 5.41) is 19.9. The molecule has 0 radical (unpaired) electrons. The van der Waals surface area contributed by atoms with E-state index < -0.39 is 24.3 Å². The van der Waals surface area contributed by atoms with E-state index in [-0.39, 0.29) is 42.9 Å². The van der Waals surface area contributed by atoms with Gasteiger partial charge in [-0.1, -0.05) is 36.4 Å². The summed E-state index contributed by atoms with van der Waals surface area (Å²) in [5.74, 6) is -0.704. The van der Waals surface area contributed by atoms with E-state index in [1.54, 1.807) is 58.6 Å². The molecule has 0 spiro atoms. The zero-order chi connectivity index (χ0) is 44.1. The van der Waals surface area contributed by atoms with Gasteiger partial charge in [-0.15, -0.1) is 4.73 Å². The van der Waals surface area contributed by atoms with Gasteiger partial charge in [0.1, 0.15) is 19.0 Å². The summed E-state index contributed by atoms with van der Waals surface area (Å²) < 4.78 is 30.5. The molecule has 16 heteroatoms. The van der Waals surface area contributed by atoms with Crippen molar-refractivity contribution in [3.8, 4) is 40.5 Å². The second-order valence-corrected chi connectivity index (χ2v) is 15.4. The van der Waals surface area contributed by atoms with Crippen LogP contribution in [-0.2, 0) is 30.8 Å². The average molecular weight is 862 g/mol. The van der Waals surface area contributed by atoms with Gasteiger partial charge in [0.25, 0.3) is 11.8 Å². The number of fused-ring (bicyclic) bond motifs is 8. The Labute approximate surface area is 365 Å². The van der Waals surface area contributed by atoms with Crippen molar-refractivity contribution in [1.82, 2.24) is 4.73 Å². The smallest absolute Gasteiger partial charge is 0.370 e. The number of amides is 2. The number of carbonyl (C=O) groups is 3. The van der Waals surface area contributed by atoms with Crippen LogP contribution in [0.5, 0.6) is 40.5 Å². The zero-order valence-electron chi connectivity index (χ0n) is 34.5. The minimum atomic E-state index is -0.913. The molecule has 2 atom stereocenters. The summed E-state index contributed by atoms with van der Waals surface area (Å²) in [7, 11) is 2.98. The van der Waals surface area contributed by atoms with Gasteiger partial charge in [0.15, 0.2) is 29.6 Å². The first-order chi connectivity index (χ1) is 31.1. The summed E-state index contributed by atoms with van der Waals surface area (Å²) in [4.78, 5) is 58.7. The van der Waals surface area contributed by atoms with Crippen LogP contribution in [0.25, 0.3) is 0 Å². The van der Waals surface area contributed by atoms with Crippen LogP contribution in [0.3, 0.4) is 0 Å². The van der Waals surface area contributed by atoms with Crippen molar-refractivity contribution >= 4 is 53.0 Å². The SMILES string of the molecule is COc1cc2c(cc1OCc1cc(COc3cc4c(cc3OC)C(=O)N3c5ccccc5C[C@H]3C=N4)cc(OCC(=O)On3c(O)ccc3O)c1)N=C[C@@H]1Cc3ccccc3N1C2=O. The maximum atomic E-state index is 14.0. The van der Waals surface area contributed by atoms with Crippen molar-refractivity contribution < 1.29 is 53.1 Å². The molecule has 1 aromatic heterocycles. The molecule has 6 aromatic rings. The highest BCUT2D eigenvalue weighted by molar-refractivity contribution is 6.15. The monoisotopic (exact) mass is 861 g/mol. The Morgan fingerprint density at radius 3 is 1.59 bits per heavy atom. The van der Waals surface area contributed by atoms with Crippen molar-refractivity contribution in [2.45, 2.75) is 38.1 Å². The van der Waals surface area contributed by atoms with E-state index in [1.165, 1.54) is 14.2 Å². The largest absolute Gasteiger partial charge is 0.493 e. The predicted octanol–water partition coefficient (Wildman–Crippen LogP) is 6.68. The second-order valence-electron chi connectivity index (χ2n) is 15.4. The summed E-state index contributed by atoms with van der Waals surface area (Å²) in [5.41, 5.74) is 6.66. The van der Waals surface area contributed by atoms with Crippen LogP contribution in [0, 0.1) is 0 Å². The Bertz CT molecular complexity index is 2760. The van der Waals surface area contributed by atoms with Gasteiger partial charge < -0.3 is 38.7 Å². The molecule has 2 N–H and O–H groups in total. The van der Waals surface area contributed by atoms with Crippen LogP contribution in [0.15, 0.2) is 113 Å². The van der Waals surface area contributed by atoms with Crippen molar-refractivity contribution in [3.63, 3.8) is 0 Å². The Hall–Kier alpha value is -8.27.